The van der Waals surface area contributed by atoms with Crippen molar-refractivity contribution in [2.24, 2.45) is 5.73 Å². The first kappa shape index (κ1) is 9.09. The molecule has 0 fully saturated rings. The lowest BCUT2D eigenvalue weighted by atomic mass is 10.1. The molecule has 1 aromatic heterocycles. The van der Waals surface area contributed by atoms with Crippen LogP contribution >= 0.6 is 0 Å². The maximum absolute atomic E-state index is 5.87. The summed E-state index contributed by atoms with van der Waals surface area (Å²) in [6, 6.07) is 7.53. The van der Waals surface area contributed by atoms with Crippen LogP contribution in [0.15, 0.2) is 28.7 Å². The third-order valence-electron chi connectivity index (χ3n) is 2.36. The van der Waals surface area contributed by atoms with Crippen molar-refractivity contribution >= 4 is 16.7 Å². The van der Waals surface area contributed by atoms with Gasteiger partial charge in [-0.3, -0.25) is 0 Å². The molecule has 3 heteroatoms. The van der Waals surface area contributed by atoms with E-state index in [1.807, 2.05) is 31.2 Å². The Morgan fingerprint density at radius 3 is 2.86 bits per heavy atom. The molecule has 0 saturated carbocycles. The van der Waals surface area contributed by atoms with E-state index in [0.717, 1.165) is 28.8 Å². The van der Waals surface area contributed by atoms with Crippen molar-refractivity contribution in [1.29, 1.82) is 0 Å². The van der Waals surface area contributed by atoms with Gasteiger partial charge in [0.2, 0.25) is 0 Å². The largest absolute Gasteiger partial charge is 0.459 e. The zero-order valence-electron chi connectivity index (χ0n) is 8.16. The van der Waals surface area contributed by atoms with Gasteiger partial charge in [-0.1, -0.05) is 6.92 Å². The van der Waals surface area contributed by atoms with Crippen LogP contribution in [0.1, 0.15) is 25.1 Å². The van der Waals surface area contributed by atoms with Gasteiger partial charge in [-0.15, -0.1) is 0 Å². The van der Waals surface area contributed by atoms with Crippen molar-refractivity contribution in [3.8, 4) is 0 Å². The van der Waals surface area contributed by atoms with E-state index in [9.17, 15) is 0 Å². The van der Waals surface area contributed by atoms with Crippen LogP contribution < -0.4 is 11.5 Å². The van der Waals surface area contributed by atoms with Gasteiger partial charge in [0, 0.05) is 11.1 Å². The minimum Gasteiger partial charge on any atom is -0.459 e. The van der Waals surface area contributed by atoms with Gasteiger partial charge in [-0.2, -0.15) is 0 Å². The van der Waals surface area contributed by atoms with Crippen molar-refractivity contribution in [3.63, 3.8) is 0 Å². The van der Waals surface area contributed by atoms with E-state index in [2.05, 4.69) is 0 Å². The fourth-order valence-corrected chi connectivity index (χ4v) is 1.47. The molecule has 2 rings (SSSR count). The number of benzene rings is 1. The number of anilines is 1. The maximum Gasteiger partial charge on any atom is 0.134 e. The molecule has 0 aliphatic rings. The highest BCUT2D eigenvalue weighted by atomic mass is 16.3. The van der Waals surface area contributed by atoms with E-state index < -0.39 is 0 Å². The summed E-state index contributed by atoms with van der Waals surface area (Å²) in [5.41, 5.74) is 13.1. The van der Waals surface area contributed by atoms with Gasteiger partial charge in [-0.05, 0) is 30.7 Å². The summed E-state index contributed by atoms with van der Waals surface area (Å²) in [7, 11) is 0. The lowest BCUT2D eigenvalue weighted by Crippen LogP contribution is -2.06. The predicted molar refractivity (Wildman–Crippen MR) is 57.8 cm³/mol. The number of hydrogen-bond donors (Lipinski definition) is 2. The van der Waals surface area contributed by atoms with E-state index in [0.29, 0.717) is 0 Å². The molecule has 1 aromatic carbocycles. The molecular formula is C11H14N2O. The summed E-state index contributed by atoms with van der Waals surface area (Å²) in [6.07, 6.45) is 0.870. The second-order valence-corrected chi connectivity index (χ2v) is 3.46. The Morgan fingerprint density at radius 2 is 2.14 bits per heavy atom. The van der Waals surface area contributed by atoms with Gasteiger partial charge in [0.1, 0.15) is 11.3 Å². The zero-order chi connectivity index (χ0) is 10.1. The van der Waals surface area contributed by atoms with Crippen molar-refractivity contribution in [3.05, 3.63) is 30.0 Å². The van der Waals surface area contributed by atoms with Crippen LogP contribution in [0.25, 0.3) is 11.0 Å². The van der Waals surface area contributed by atoms with Crippen molar-refractivity contribution < 1.29 is 4.42 Å². The molecule has 1 atom stereocenters. The van der Waals surface area contributed by atoms with E-state index in [-0.39, 0.29) is 6.04 Å². The average molecular weight is 190 g/mol. The number of fused-ring (bicyclic) bond motifs is 1. The van der Waals surface area contributed by atoms with Crippen molar-refractivity contribution in [2.75, 3.05) is 5.73 Å². The number of nitrogen functional groups attached to an aromatic ring is 1. The minimum atomic E-state index is -0.0244. The lowest BCUT2D eigenvalue weighted by Gasteiger charge is -2.02. The molecule has 74 valence electrons. The topological polar surface area (TPSA) is 65.2 Å². The first-order chi connectivity index (χ1) is 6.70. The summed E-state index contributed by atoms with van der Waals surface area (Å²) < 4.78 is 5.60. The third kappa shape index (κ3) is 1.46. The van der Waals surface area contributed by atoms with Crippen molar-refractivity contribution in [1.82, 2.24) is 0 Å². The fraction of sp³-hybridized carbons (Fsp3) is 0.273. The second-order valence-electron chi connectivity index (χ2n) is 3.46. The molecule has 0 spiro atoms. The summed E-state index contributed by atoms with van der Waals surface area (Å²) in [5.74, 6) is 0.827. The number of hydrogen-bond acceptors (Lipinski definition) is 3. The van der Waals surface area contributed by atoms with E-state index in [4.69, 9.17) is 15.9 Å². The molecule has 2 aromatic rings. The van der Waals surface area contributed by atoms with E-state index >= 15 is 0 Å². The van der Waals surface area contributed by atoms with Crippen LogP contribution in [0, 0.1) is 0 Å². The molecule has 0 radical (unpaired) electrons. The van der Waals surface area contributed by atoms with Crippen LogP contribution in [0.4, 0.5) is 5.69 Å². The van der Waals surface area contributed by atoms with Gasteiger partial charge in [0.15, 0.2) is 0 Å². The number of furan rings is 1. The Kier molecular flexibility index (Phi) is 2.17. The Bertz CT molecular complexity index is 447. The van der Waals surface area contributed by atoms with Crippen LogP contribution in [0.3, 0.4) is 0 Å². The van der Waals surface area contributed by atoms with Crippen LogP contribution in [0.5, 0.6) is 0 Å². The van der Waals surface area contributed by atoms with Crippen LogP contribution in [-0.2, 0) is 0 Å². The minimum absolute atomic E-state index is 0.0244. The molecule has 0 aliphatic heterocycles. The molecule has 0 unspecified atom stereocenters. The highest BCUT2D eigenvalue weighted by Gasteiger charge is 2.09. The maximum atomic E-state index is 5.87. The molecular weight excluding hydrogens is 176 g/mol. The zero-order valence-corrected chi connectivity index (χ0v) is 8.16. The Balaban J connectivity index is 2.51. The predicted octanol–water partition coefficient (Wildman–Crippen LogP) is 2.42. The van der Waals surface area contributed by atoms with Gasteiger partial charge < -0.3 is 15.9 Å². The SMILES string of the molecule is CC[C@@H](N)c1cc2cc(N)ccc2o1. The Labute approximate surface area is 82.7 Å². The van der Waals surface area contributed by atoms with Gasteiger partial charge >= 0.3 is 0 Å². The molecule has 4 N–H and O–H groups in total. The molecule has 14 heavy (non-hydrogen) atoms. The highest BCUT2D eigenvalue weighted by Crippen LogP contribution is 2.25. The third-order valence-corrected chi connectivity index (χ3v) is 2.36. The molecule has 0 amide bonds. The molecule has 1 heterocycles. The van der Waals surface area contributed by atoms with Gasteiger partial charge in [0.05, 0.1) is 6.04 Å². The summed E-state index contributed by atoms with van der Waals surface area (Å²) in [5, 5.41) is 1.02. The number of rotatable bonds is 2. The molecule has 0 aliphatic carbocycles. The average Bonchev–Trinajstić information content (AvgIpc) is 2.59. The fourth-order valence-electron chi connectivity index (χ4n) is 1.47. The van der Waals surface area contributed by atoms with E-state index in [1.165, 1.54) is 0 Å². The Hall–Kier alpha value is -1.48. The summed E-state index contributed by atoms with van der Waals surface area (Å²) in [6.45, 7) is 2.03. The lowest BCUT2D eigenvalue weighted by molar-refractivity contribution is 0.488. The van der Waals surface area contributed by atoms with E-state index in [1.54, 1.807) is 0 Å². The second kappa shape index (κ2) is 3.35. The van der Waals surface area contributed by atoms with Gasteiger partial charge in [0.25, 0.3) is 0 Å². The van der Waals surface area contributed by atoms with Crippen LogP contribution in [-0.4, -0.2) is 0 Å². The smallest absolute Gasteiger partial charge is 0.134 e. The first-order valence-electron chi connectivity index (χ1n) is 4.75. The van der Waals surface area contributed by atoms with Crippen molar-refractivity contribution in [2.45, 2.75) is 19.4 Å². The summed E-state index contributed by atoms with van der Waals surface area (Å²) in [4.78, 5) is 0. The quantitative estimate of drug-likeness (QED) is 0.715. The first-order valence-corrected chi connectivity index (χ1v) is 4.75. The monoisotopic (exact) mass is 190 g/mol. The number of nitrogens with two attached hydrogens (primary N) is 2. The van der Waals surface area contributed by atoms with Gasteiger partial charge in [-0.25, -0.2) is 0 Å². The normalized spacial score (nSPS) is 13.3. The van der Waals surface area contributed by atoms with Crippen LogP contribution in [0.2, 0.25) is 0 Å². The highest BCUT2D eigenvalue weighted by molar-refractivity contribution is 5.81. The molecule has 0 saturated heterocycles. The Morgan fingerprint density at radius 1 is 1.36 bits per heavy atom. The molecule has 3 nitrogen and oxygen atoms in total. The molecule has 0 bridgehead atoms. The summed E-state index contributed by atoms with van der Waals surface area (Å²) >= 11 is 0. The standard InChI is InChI=1S/C11H14N2O/c1-2-9(13)11-6-7-5-8(12)3-4-10(7)14-11/h3-6,9H,2,12-13H2,1H3/t9-/m1/s1.